The molecule has 1 aliphatic heterocycles. The summed E-state index contributed by atoms with van der Waals surface area (Å²) in [6.07, 6.45) is -2.73. The standard InChI is InChI=1S/C15H18F3NO5S/c16-15(17,18)10-4-3-5-11(8-10)25(22,23)14(24-9-13(20)21)12-6-1-2-7-19-12/h3-5,8,12,14,19H,1-2,6-7,9H2,(H,20,21). The average molecular weight is 381 g/mol. The molecule has 1 heterocycles. The second-order valence-electron chi connectivity index (χ2n) is 5.70. The van der Waals surface area contributed by atoms with Crippen molar-refractivity contribution in [3.63, 3.8) is 0 Å². The quantitative estimate of drug-likeness (QED) is 0.784. The Balaban J connectivity index is 2.38. The number of benzene rings is 1. The predicted molar refractivity (Wildman–Crippen MR) is 81.6 cm³/mol. The molecular formula is C15H18F3NO5S. The molecule has 1 aliphatic rings. The van der Waals surface area contributed by atoms with Gasteiger partial charge in [0.15, 0.2) is 5.44 Å². The molecule has 0 spiro atoms. The third-order valence-corrected chi connectivity index (χ3v) is 5.83. The first-order valence-electron chi connectivity index (χ1n) is 7.60. The van der Waals surface area contributed by atoms with Crippen molar-refractivity contribution in [3.05, 3.63) is 29.8 Å². The van der Waals surface area contributed by atoms with Crippen molar-refractivity contribution in [2.75, 3.05) is 13.2 Å². The minimum absolute atomic E-state index is 0.419. The van der Waals surface area contributed by atoms with E-state index in [1.807, 2.05) is 0 Å². The van der Waals surface area contributed by atoms with Crippen molar-refractivity contribution in [1.29, 1.82) is 0 Å². The number of piperidine rings is 1. The molecule has 2 unspecified atom stereocenters. The molecule has 2 atom stereocenters. The molecule has 140 valence electrons. The zero-order valence-corrected chi connectivity index (χ0v) is 13.9. The highest BCUT2D eigenvalue weighted by molar-refractivity contribution is 7.92. The van der Waals surface area contributed by atoms with Gasteiger partial charge in [-0.25, -0.2) is 13.2 Å². The zero-order valence-electron chi connectivity index (χ0n) is 13.1. The molecule has 1 fully saturated rings. The van der Waals surface area contributed by atoms with Crippen LogP contribution in [0.5, 0.6) is 0 Å². The van der Waals surface area contributed by atoms with Crippen LogP contribution in [0.2, 0.25) is 0 Å². The number of hydrogen-bond donors (Lipinski definition) is 2. The van der Waals surface area contributed by atoms with E-state index in [-0.39, 0.29) is 0 Å². The molecule has 0 aromatic heterocycles. The Kier molecular flexibility index (Phi) is 6.07. The van der Waals surface area contributed by atoms with Crippen molar-refractivity contribution in [1.82, 2.24) is 5.32 Å². The van der Waals surface area contributed by atoms with Crippen molar-refractivity contribution < 1.29 is 36.2 Å². The van der Waals surface area contributed by atoms with Gasteiger partial charge in [0.1, 0.15) is 6.61 Å². The number of halogens is 3. The minimum atomic E-state index is -4.69. The molecule has 25 heavy (non-hydrogen) atoms. The number of carbonyl (C=O) groups is 1. The van der Waals surface area contributed by atoms with Gasteiger partial charge in [-0.05, 0) is 37.6 Å². The Morgan fingerprint density at radius 2 is 2.08 bits per heavy atom. The number of hydrogen-bond acceptors (Lipinski definition) is 5. The monoisotopic (exact) mass is 381 g/mol. The number of aliphatic carboxylic acids is 1. The van der Waals surface area contributed by atoms with E-state index in [9.17, 15) is 26.4 Å². The molecule has 1 aromatic carbocycles. The van der Waals surface area contributed by atoms with Crippen molar-refractivity contribution >= 4 is 15.8 Å². The molecule has 10 heteroatoms. The van der Waals surface area contributed by atoms with E-state index in [0.717, 1.165) is 24.6 Å². The van der Waals surface area contributed by atoms with Gasteiger partial charge < -0.3 is 15.2 Å². The van der Waals surface area contributed by atoms with Crippen LogP contribution in [0.1, 0.15) is 24.8 Å². The predicted octanol–water partition coefficient (Wildman–Crippen LogP) is 2.05. The second-order valence-corrected chi connectivity index (χ2v) is 7.73. The van der Waals surface area contributed by atoms with Crippen LogP contribution in [0, 0.1) is 0 Å². The first-order chi connectivity index (χ1) is 11.6. The lowest BCUT2D eigenvalue weighted by Crippen LogP contribution is -2.48. The zero-order chi connectivity index (χ0) is 18.7. The third-order valence-electron chi connectivity index (χ3n) is 3.84. The first-order valence-corrected chi connectivity index (χ1v) is 9.15. The maximum absolute atomic E-state index is 12.8. The number of alkyl halides is 3. The fraction of sp³-hybridized carbons (Fsp3) is 0.533. The maximum atomic E-state index is 12.8. The van der Waals surface area contributed by atoms with Crippen LogP contribution in [0.15, 0.2) is 29.2 Å². The van der Waals surface area contributed by atoms with Crippen molar-refractivity contribution in [2.45, 2.75) is 41.8 Å². The van der Waals surface area contributed by atoms with Crippen LogP contribution in [0.4, 0.5) is 13.2 Å². The Morgan fingerprint density at radius 3 is 2.64 bits per heavy atom. The van der Waals surface area contributed by atoms with Gasteiger partial charge in [0.05, 0.1) is 10.5 Å². The molecule has 1 saturated heterocycles. The lowest BCUT2D eigenvalue weighted by Gasteiger charge is -2.30. The van der Waals surface area contributed by atoms with E-state index in [4.69, 9.17) is 9.84 Å². The van der Waals surface area contributed by atoms with Crippen LogP contribution in [-0.4, -0.2) is 44.1 Å². The van der Waals surface area contributed by atoms with Gasteiger partial charge >= 0.3 is 12.1 Å². The van der Waals surface area contributed by atoms with Gasteiger partial charge in [0.25, 0.3) is 0 Å². The minimum Gasteiger partial charge on any atom is -0.480 e. The van der Waals surface area contributed by atoms with E-state index in [2.05, 4.69) is 5.32 Å². The Labute approximate surface area is 142 Å². The van der Waals surface area contributed by atoms with Crippen LogP contribution in [0.3, 0.4) is 0 Å². The summed E-state index contributed by atoms with van der Waals surface area (Å²) >= 11 is 0. The van der Waals surface area contributed by atoms with E-state index in [1.165, 1.54) is 0 Å². The number of rotatable bonds is 6. The smallest absolute Gasteiger partial charge is 0.416 e. The average Bonchev–Trinajstić information content (AvgIpc) is 2.55. The molecule has 1 aromatic rings. The number of nitrogens with one attached hydrogen (secondary N) is 1. The molecule has 0 radical (unpaired) electrons. The topological polar surface area (TPSA) is 92.7 Å². The number of carboxylic acid groups (broad SMARTS) is 1. The summed E-state index contributed by atoms with van der Waals surface area (Å²) in [5.74, 6) is -1.36. The Morgan fingerprint density at radius 1 is 1.36 bits per heavy atom. The number of sulfone groups is 1. The Bertz CT molecular complexity index is 714. The van der Waals surface area contributed by atoms with Crippen LogP contribution in [-0.2, 0) is 25.5 Å². The van der Waals surface area contributed by atoms with Gasteiger partial charge in [-0.15, -0.1) is 0 Å². The molecule has 0 bridgehead atoms. The fourth-order valence-electron chi connectivity index (χ4n) is 2.67. The molecule has 6 nitrogen and oxygen atoms in total. The van der Waals surface area contributed by atoms with Crippen LogP contribution in [0.25, 0.3) is 0 Å². The summed E-state index contributed by atoms with van der Waals surface area (Å²) < 4.78 is 69.2. The summed E-state index contributed by atoms with van der Waals surface area (Å²) in [6.45, 7) is -0.337. The summed E-state index contributed by atoms with van der Waals surface area (Å²) in [6, 6.07) is 2.66. The third kappa shape index (κ3) is 4.93. The fourth-order valence-corrected chi connectivity index (χ4v) is 4.41. The Hall–Kier alpha value is -1.65. The summed E-state index contributed by atoms with van der Waals surface area (Å²) in [7, 11) is -4.33. The summed E-state index contributed by atoms with van der Waals surface area (Å²) in [4.78, 5) is 10.2. The van der Waals surface area contributed by atoms with Gasteiger partial charge in [-0.3, -0.25) is 0 Å². The SMILES string of the molecule is O=C(O)COC(C1CCCCN1)S(=O)(=O)c1cccc(C(F)(F)F)c1. The van der Waals surface area contributed by atoms with Gasteiger partial charge in [0, 0.05) is 6.04 Å². The lowest BCUT2D eigenvalue weighted by molar-refractivity contribution is -0.143. The van der Waals surface area contributed by atoms with Gasteiger partial charge in [-0.1, -0.05) is 12.5 Å². The largest absolute Gasteiger partial charge is 0.480 e. The molecular weight excluding hydrogens is 363 g/mol. The maximum Gasteiger partial charge on any atom is 0.416 e. The second kappa shape index (κ2) is 7.71. The van der Waals surface area contributed by atoms with E-state index < -0.39 is 50.5 Å². The molecule has 2 N–H and O–H groups in total. The highest BCUT2D eigenvalue weighted by atomic mass is 32.2. The van der Waals surface area contributed by atoms with Crippen LogP contribution >= 0.6 is 0 Å². The highest BCUT2D eigenvalue weighted by Crippen LogP contribution is 2.32. The van der Waals surface area contributed by atoms with Gasteiger partial charge in [0.2, 0.25) is 9.84 Å². The van der Waals surface area contributed by atoms with E-state index in [0.29, 0.717) is 25.5 Å². The highest BCUT2D eigenvalue weighted by Gasteiger charge is 2.38. The number of ether oxygens (including phenoxy) is 1. The lowest BCUT2D eigenvalue weighted by atomic mass is 10.1. The molecule has 0 aliphatic carbocycles. The molecule has 2 rings (SSSR count). The normalized spacial score (nSPS) is 20.2. The number of carboxylic acids is 1. The van der Waals surface area contributed by atoms with E-state index in [1.54, 1.807) is 0 Å². The molecule has 0 saturated carbocycles. The summed E-state index contributed by atoms with van der Waals surface area (Å²) in [5, 5.41) is 11.7. The van der Waals surface area contributed by atoms with Crippen molar-refractivity contribution in [2.24, 2.45) is 0 Å². The van der Waals surface area contributed by atoms with Gasteiger partial charge in [-0.2, -0.15) is 13.2 Å². The first kappa shape index (κ1) is 19.7. The van der Waals surface area contributed by atoms with Crippen molar-refractivity contribution in [3.8, 4) is 0 Å². The summed E-state index contributed by atoms with van der Waals surface area (Å²) in [5.41, 5.74) is -2.67. The molecule has 0 amide bonds. The van der Waals surface area contributed by atoms with E-state index >= 15 is 0 Å². The van der Waals surface area contributed by atoms with Crippen LogP contribution < -0.4 is 5.32 Å².